The Labute approximate surface area is 182 Å². The molecule has 1 saturated heterocycles. The molecule has 0 spiro atoms. The molecule has 0 radical (unpaired) electrons. The summed E-state index contributed by atoms with van der Waals surface area (Å²) in [6.07, 6.45) is 3.17. The van der Waals surface area contributed by atoms with Gasteiger partial charge in [0.1, 0.15) is 5.75 Å². The van der Waals surface area contributed by atoms with Crippen LogP contribution in [0.5, 0.6) is 5.75 Å². The number of aliphatic carboxylic acids is 1. The summed E-state index contributed by atoms with van der Waals surface area (Å²) in [5.41, 5.74) is 1.04. The number of para-hydroxylation sites is 1. The number of carboxylic acid groups (broad SMARTS) is 2. The van der Waals surface area contributed by atoms with Crippen molar-refractivity contribution in [2.24, 2.45) is 4.99 Å². The number of nitrogens with zero attached hydrogens (tertiary/aromatic N) is 2. The van der Waals surface area contributed by atoms with Gasteiger partial charge in [-0.05, 0) is 42.1 Å². The van der Waals surface area contributed by atoms with E-state index in [0.29, 0.717) is 27.1 Å². The van der Waals surface area contributed by atoms with Crippen molar-refractivity contribution in [3.05, 3.63) is 77.2 Å². The van der Waals surface area contributed by atoms with Gasteiger partial charge in [0.05, 0.1) is 16.2 Å². The Hall–Kier alpha value is -3.85. The molecular formula is C22H18N2O6S. The Morgan fingerprint density at radius 3 is 2.65 bits per heavy atom. The Morgan fingerprint density at radius 2 is 1.94 bits per heavy atom. The monoisotopic (exact) mass is 438 g/mol. The zero-order valence-electron chi connectivity index (χ0n) is 16.2. The molecule has 31 heavy (non-hydrogen) atoms. The molecule has 0 aromatic heterocycles. The Balaban J connectivity index is 1.95. The smallest absolute Gasteiger partial charge is 0.341 e. The third-order valence-electron chi connectivity index (χ3n) is 4.07. The summed E-state index contributed by atoms with van der Waals surface area (Å²) in [6, 6.07) is 12.9. The van der Waals surface area contributed by atoms with Crippen molar-refractivity contribution >= 4 is 46.5 Å². The molecule has 1 heterocycles. The number of rotatable bonds is 8. The van der Waals surface area contributed by atoms with Gasteiger partial charge < -0.3 is 14.9 Å². The second-order valence-electron chi connectivity index (χ2n) is 6.29. The number of thioether (sulfide) groups is 1. The van der Waals surface area contributed by atoms with Gasteiger partial charge in [0.2, 0.25) is 0 Å². The topological polar surface area (TPSA) is 117 Å². The standard InChI is InChI=1S/C22H18N2O6S/c1-2-10-24-20(27)18(12-14-6-3-4-9-17(14)30-13-19(25)26)31-22(24)23-16-8-5-7-15(11-16)21(28)29/h2-9,11-12H,1,10,13H2,(H,25,26)(H,28,29)/b18-12-,23-22?. The molecule has 1 amide bonds. The third-order valence-corrected chi connectivity index (χ3v) is 5.08. The maximum Gasteiger partial charge on any atom is 0.341 e. The molecular weight excluding hydrogens is 420 g/mol. The number of hydrogen-bond donors (Lipinski definition) is 2. The molecule has 2 N–H and O–H groups in total. The molecule has 0 atom stereocenters. The number of amides is 1. The Bertz CT molecular complexity index is 1110. The molecule has 1 aliphatic rings. The fourth-order valence-electron chi connectivity index (χ4n) is 2.71. The number of benzene rings is 2. The third kappa shape index (κ3) is 5.40. The number of carboxylic acids is 2. The minimum Gasteiger partial charge on any atom is -0.481 e. The lowest BCUT2D eigenvalue weighted by Gasteiger charge is -2.12. The molecule has 0 bridgehead atoms. The average Bonchev–Trinajstić information content (AvgIpc) is 3.02. The summed E-state index contributed by atoms with van der Waals surface area (Å²) < 4.78 is 5.30. The van der Waals surface area contributed by atoms with Gasteiger partial charge in [-0.2, -0.15) is 0 Å². The predicted octanol–water partition coefficient (Wildman–Crippen LogP) is 3.64. The molecule has 9 heteroatoms. The van der Waals surface area contributed by atoms with Gasteiger partial charge in [0, 0.05) is 12.1 Å². The van der Waals surface area contributed by atoms with Gasteiger partial charge in [-0.15, -0.1) is 6.58 Å². The first-order valence-corrected chi connectivity index (χ1v) is 9.88. The lowest BCUT2D eigenvalue weighted by atomic mass is 10.2. The molecule has 158 valence electrons. The van der Waals surface area contributed by atoms with E-state index >= 15 is 0 Å². The molecule has 2 aromatic rings. The molecule has 2 aromatic carbocycles. The van der Waals surface area contributed by atoms with Crippen LogP contribution in [0.25, 0.3) is 6.08 Å². The van der Waals surface area contributed by atoms with E-state index < -0.39 is 18.5 Å². The highest BCUT2D eigenvalue weighted by molar-refractivity contribution is 8.18. The van der Waals surface area contributed by atoms with E-state index in [1.807, 2.05) is 0 Å². The second-order valence-corrected chi connectivity index (χ2v) is 7.29. The van der Waals surface area contributed by atoms with Crippen LogP contribution in [0.4, 0.5) is 5.69 Å². The van der Waals surface area contributed by atoms with E-state index in [4.69, 9.17) is 14.9 Å². The van der Waals surface area contributed by atoms with Gasteiger partial charge in [0.15, 0.2) is 11.8 Å². The number of aliphatic imine (C=N–C) groups is 1. The number of aromatic carboxylic acids is 1. The van der Waals surface area contributed by atoms with E-state index in [1.165, 1.54) is 17.0 Å². The van der Waals surface area contributed by atoms with Gasteiger partial charge in [-0.3, -0.25) is 9.69 Å². The lowest BCUT2D eigenvalue weighted by Crippen LogP contribution is -2.29. The highest BCUT2D eigenvalue weighted by atomic mass is 32.2. The molecule has 0 saturated carbocycles. The van der Waals surface area contributed by atoms with Crippen molar-refractivity contribution < 1.29 is 29.3 Å². The number of carbonyl (C=O) groups is 3. The summed E-state index contributed by atoms with van der Waals surface area (Å²) in [4.78, 5) is 41.2. The zero-order chi connectivity index (χ0) is 22.4. The largest absolute Gasteiger partial charge is 0.481 e. The second kappa shape index (κ2) is 9.77. The lowest BCUT2D eigenvalue weighted by molar-refractivity contribution is -0.139. The Morgan fingerprint density at radius 1 is 1.16 bits per heavy atom. The minimum absolute atomic E-state index is 0.0896. The molecule has 0 aliphatic carbocycles. The normalized spacial score (nSPS) is 16.0. The van der Waals surface area contributed by atoms with Crippen LogP contribution in [0.2, 0.25) is 0 Å². The first kappa shape index (κ1) is 21.8. The molecule has 0 unspecified atom stereocenters. The quantitative estimate of drug-likeness (QED) is 0.477. The van der Waals surface area contributed by atoms with Crippen LogP contribution in [0.1, 0.15) is 15.9 Å². The molecule has 8 nitrogen and oxygen atoms in total. The van der Waals surface area contributed by atoms with Crippen LogP contribution in [-0.2, 0) is 9.59 Å². The van der Waals surface area contributed by atoms with Gasteiger partial charge in [0.25, 0.3) is 5.91 Å². The van der Waals surface area contributed by atoms with Crippen molar-refractivity contribution in [2.75, 3.05) is 13.2 Å². The van der Waals surface area contributed by atoms with E-state index in [9.17, 15) is 14.4 Å². The zero-order valence-corrected chi connectivity index (χ0v) is 17.0. The molecule has 3 rings (SSSR count). The van der Waals surface area contributed by atoms with Crippen LogP contribution >= 0.6 is 11.8 Å². The maximum absolute atomic E-state index is 12.9. The maximum atomic E-state index is 12.9. The first-order chi connectivity index (χ1) is 14.9. The van der Waals surface area contributed by atoms with Crippen LogP contribution in [-0.4, -0.2) is 51.3 Å². The fraction of sp³-hybridized carbons (Fsp3) is 0.0909. The van der Waals surface area contributed by atoms with E-state index in [-0.39, 0.29) is 18.0 Å². The molecule has 1 aliphatic heterocycles. The van der Waals surface area contributed by atoms with Crippen LogP contribution in [0.3, 0.4) is 0 Å². The summed E-state index contributed by atoms with van der Waals surface area (Å²) in [5.74, 6) is -2.14. The van der Waals surface area contributed by atoms with Crippen LogP contribution < -0.4 is 4.74 Å². The number of carbonyl (C=O) groups excluding carboxylic acids is 1. The van der Waals surface area contributed by atoms with Crippen LogP contribution in [0.15, 0.2) is 71.1 Å². The molecule has 1 fully saturated rings. The van der Waals surface area contributed by atoms with E-state index in [1.54, 1.807) is 48.6 Å². The summed E-state index contributed by atoms with van der Waals surface area (Å²) in [5, 5.41) is 18.4. The summed E-state index contributed by atoms with van der Waals surface area (Å²) >= 11 is 1.12. The van der Waals surface area contributed by atoms with Crippen molar-refractivity contribution in [1.82, 2.24) is 4.90 Å². The summed E-state index contributed by atoms with van der Waals surface area (Å²) in [7, 11) is 0. The Kier molecular flexibility index (Phi) is 6.88. The predicted molar refractivity (Wildman–Crippen MR) is 118 cm³/mol. The minimum atomic E-state index is -1.11. The summed E-state index contributed by atoms with van der Waals surface area (Å²) in [6.45, 7) is 3.39. The number of amidine groups is 1. The number of ether oxygens (including phenoxy) is 1. The van der Waals surface area contributed by atoms with Crippen molar-refractivity contribution in [3.8, 4) is 5.75 Å². The van der Waals surface area contributed by atoms with Crippen molar-refractivity contribution in [1.29, 1.82) is 0 Å². The van der Waals surface area contributed by atoms with Gasteiger partial charge in [-0.25, -0.2) is 14.6 Å². The van der Waals surface area contributed by atoms with Crippen LogP contribution in [0, 0.1) is 0 Å². The highest BCUT2D eigenvalue weighted by Crippen LogP contribution is 2.35. The SMILES string of the molecule is C=CCN1C(=O)/C(=C/c2ccccc2OCC(=O)O)SC1=Nc1cccc(C(=O)O)c1. The van der Waals surface area contributed by atoms with Gasteiger partial charge >= 0.3 is 11.9 Å². The van der Waals surface area contributed by atoms with E-state index in [0.717, 1.165) is 11.8 Å². The average molecular weight is 438 g/mol. The van der Waals surface area contributed by atoms with Crippen molar-refractivity contribution in [3.63, 3.8) is 0 Å². The number of hydrogen-bond acceptors (Lipinski definition) is 6. The van der Waals surface area contributed by atoms with E-state index in [2.05, 4.69) is 11.6 Å². The van der Waals surface area contributed by atoms with Crippen molar-refractivity contribution in [2.45, 2.75) is 0 Å². The fourth-order valence-corrected chi connectivity index (χ4v) is 3.71. The highest BCUT2D eigenvalue weighted by Gasteiger charge is 2.32. The van der Waals surface area contributed by atoms with Gasteiger partial charge in [-0.1, -0.05) is 30.3 Å². The first-order valence-electron chi connectivity index (χ1n) is 9.07.